The number of para-hydroxylation sites is 1. The van der Waals surface area contributed by atoms with Gasteiger partial charge in [0.2, 0.25) is 0 Å². The summed E-state index contributed by atoms with van der Waals surface area (Å²) in [5.41, 5.74) is 2.41. The predicted octanol–water partition coefficient (Wildman–Crippen LogP) is 1.78. The Labute approximate surface area is 167 Å². The lowest BCUT2D eigenvalue weighted by Gasteiger charge is -2.13. The van der Waals surface area contributed by atoms with Gasteiger partial charge in [-0.2, -0.15) is 5.10 Å². The molecule has 0 bridgehead atoms. The Hall–Kier alpha value is -3.49. The van der Waals surface area contributed by atoms with Gasteiger partial charge in [-0.3, -0.25) is 19.1 Å². The van der Waals surface area contributed by atoms with Crippen LogP contribution in [-0.4, -0.2) is 37.7 Å². The molecule has 9 nitrogen and oxygen atoms in total. The fourth-order valence-electron chi connectivity index (χ4n) is 2.96. The molecule has 3 aromatic rings. The molecule has 0 aliphatic carbocycles. The summed E-state index contributed by atoms with van der Waals surface area (Å²) < 4.78 is 6.88. The van der Waals surface area contributed by atoms with E-state index >= 15 is 0 Å². The van der Waals surface area contributed by atoms with Crippen molar-refractivity contribution in [3.8, 4) is 0 Å². The van der Waals surface area contributed by atoms with E-state index in [2.05, 4.69) is 20.4 Å². The third-order valence-corrected chi connectivity index (χ3v) is 4.66. The van der Waals surface area contributed by atoms with Crippen LogP contribution in [0.1, 0.15) is 30.6 Å². The number of fused-ring (bicyclic) bond motifs is 1. The van der Waals surface area contributed by atoms with E-state index < -0.39 is 18.0 Å². The third-order valence-electron chi connectivity index (χ3n) is 4.66. The Morgan fingerprint density at radius 2 is 2.00 bits per heavy atom. The minimum atomic E-state index is -0.967. The van der Waals surface area contributed by atoms with Gasteiger partial charge in [-0.1, -0.05) is 12.1 Å². The molecule has 0 saturated heterocycles. The number of hydrogen-bond donors (Lipinski definition) is 2. The smallest absolute Gasteiger partial charge is 0.307 e. The number of aromatic nitrogens is 4. The molecule has 3 rings (SSSR count). The fraction of sp³-hybridized carbons (Fsp3) is 0.350. The van der Waals surface area contributed by atoms with Gasteiger partial charge in [-0.25, -0.2) is 4.98 Å². The van der Waals surface area contributed by atoms with E-state index in [9.17, 15) is 14.4 Å². The van der Waals surface area contributed by atoms with E-state index in [0.717, 1.165) is 5.69 Å². The Balaban J connectivity index is 1.57. The second-order valence-corrected chi connectivity index (χ2v) is 6.82. The zero-order valence-electron chi connectivity index (χ0n) is 16.8. The van der Waals surface area contributed by atoms with Crippen LogP contribution in [0.4, 0.5) is 5.69 Å². The zero-order valence-corrected chi connectivity index (χ0v) is 16.8. The first kappa shape index (κ1) is 20.2. The number of aromatic amines is 1. The Morgan fingerprint density at radius 1 is 1.28 bits per heavy atom. The molecule has 1 atom stereocenters. The van der Waals surface area contributed by atoms with Gasteiger partial charge in [-0.15, -0.1) is 0 Å². The number of benzene rings is 1. The van der Waals surface area contributed by atoms with E-state index in [-0.39, 0.29) is 18.4 Å². The van der Waals surface area contributed by atoms with E-state index in [4.69, 9.17) is 4.74 Å². The van der Waals surface area contributed by atoms with Crippen LogP contribution in [-0.2, 0) is 27.8 Å². The van der Waals surface area contributed by atoms with Crippen LogP contribution >= 0.6 is 0 Å². The molecule has 2 N–H and O–H groups in total. The highest BCUT2D eigenvalue weighted by Crippen LogP contribution is 2.18. The Morgan fingerprint density at radius 3 is 2.69 bits per heavy atom. The number of rotatable bonds is 6. The maximum atomic E-state index is 12.3. The molecule has 0 aliphatic rings. The lowest BCUT2D eigenvalue weighted by atomic mass is 10.2. The Kier molecular flexibility index (Phi) is 5.76. The monoisotopic (exact) mass is 397 g/mol. The highest BCUT2D eigenvalue weighted by atomic mass is 16.5. The summed E-state index contributed by atoms with van der Waals surface area (Å²) in [6.45, 7) is 5.13. The molecule has 0 aliphatic heterocycles. The summed E-state index contributed by atoms with van der Waals surface area (Å²) in [6, 6.07) is 6.97. The number of carbonyl (C=O) groups is 2. The first-order chi connectivity index (χ1) is 13.8. The highest BCUT2D eigenvalue weighted by molar-refractivity contribution is 5.96. The summed E-state index contributed by atoms with van der Waals surface area (Å²) in [7, 11) is 1.78. The second-order valence-electron chi connectivity index (χ2n) is 6.82. The maximum Gasteiger partial charge on any atom is 0.307 e. The summed E-state index contributed by atoms with van der Waals surface area (Å²) in [6.07, 6.45) is -0.775. The van der Waals surface area contributed by atoms with Crippen molar-refractivity contribution in [2.24, 2.45) is 7.05 Å². The lowest BCUT2D eigenvalue weighted by Crippen LogP contribution is -2.30. The minimum absolute atomic E-state index is 0.0101. The highest BCUT2D eigenvalue weighted by Gasteiger charge is 2.21. The van der Waals surface area contributed by atoms with Crippen molar-refractivity contribution in [2.75, 3.05) is 5.32 Å². The number of amides is 1. The van der Waals surface area contributed by atoms with Gasteiger partial charge in [0.05, 0.1) is 34.4 Å². The fourth-order valence-corrected chi connectivity index (χ4v) is 2.96. The van der Waals surface area contributed by atoms with E-state index in [1.807, 2.05) is 6.92 Å². The van der Waals surface area contributed by atoms with Crippen LogP contribution in [0.3, 0.4) is 0 Å². The largest absolute Gasteiger partial charge is 0.453 e. The van der Waals surface area contributed by atoms with E-state index in [1.165, 1.54) is 6.92 Å². The Bertz CT molecular complexity index is 1130. The summed E-state index contributed by atoms with van der Waals surface area (Å²) in [4.78, 5) is 43.6. The molecular weight excluding hydrogens is 374 g/mol. The molecule has 1 amide bonds. The van der Waals surface area contributed by atoms with Crippen LogP contribution in [0.15, 0.2) is 29.1 Å². The van der Waals surface area contributed by atoms with Crippen molar-refractivity contribution in [1.82, 2.24) is 19.7 Å². The predicted molar refractivity (Wildman–Crippen MR) is 108 cm³/mol. The standard InChI is InChI=1S/C20H23N5O4/c1-11-18(12(2)25(4)24-11)23-19(27)13(3)29-17(26)10-9-16-21-15-8-6-5-7-14(15)20(28)22-16/h5-8,13H,9-10H2,1-4H3,(H,23,27)(H,21,22,28)/t13-/m0/s1. The van der Waals surface area contributed by atoms with Crippen molar-refractivity contribution in [3.63, 3.8) is 0 Å². The normalized spacial score (nSPS) is 12.0. The number of nitrogens with zero attached hydrogens (tertiary/aromatic N) is 3. The molecule has 2 heterocycles. The van der Waals surface area contributed by atoms with Gasteiger partial charge in [0.25, 0.3) is 11.5 Å². The van der Waals surface area contributed by atoms with Crippen molar-refractivity contribution >= 4 is 28.5 Å². The van der Waals surface area contributed by atoms with Gasteiger partial charge in [0, 0.05) is 13.5 Å². The van der Waals surface area contributed by atoms with Gasteiger partial charge in [0.15, 0.2) is 6.10 Å². The molecule has 0 spiro atoms. The molecule has 9 heteroatoms. The summed E-state index contributed by atoms with van der Waals surface area (Å²) in [5.74, 6) is -0.595. The van der Waals surface area contributed by atoms with Crippen molar-refractivity contribution in [1.29, 1.82) is 0 Å². The SMILES string of the molecule is Cc1nn(C)c(C)c1NC(=O)[C@H](C)OC(=O)CCc1nc2ccccc2c(=O)[nH]1. The molecule has 29 heavy (non-hydrogen) atoms. The number of carbonyl (C=O) groups excluding carboxylic acids is 2. The van der Waals surface area contributed by atoms with Crippen molar-refractivity contribution < 1.29 is 14.3 Å². The van der Waals surface area contributed by atoms with Crippen LogP contribution in [0.5, 0.6) is 0 Å². The number of H-pyrrole nitrogens is 1. The molecule has 0 radical (unpaired) electrons. The third kappa shape index (κ3) is 4.50. The summed E-state index contributed by atoms with van der Waals surface area (Å²) in [5, 5.41) is 7.47. The summed E-state index contributed by atoms with van der Waals surface area (Å²) >= 11 is 0. The van der Waals surface area contributed by atoms with Gasteiger partial charge in [-0.05, 0) is 32.9 Å². The number of aryl methyl sites for hydroxylation is 3. The number of hydrogen-bond acceptors (Lipinski definition) is 6. The molecular formula is C20H23N5O4. The average molecular weight is 397 g/mol. The number of nitrogens with one attached hydrogen (secondary N) is 2. The molecule has 2 aromatic heterocycles. The molecule has 1 aromatic carbocycles. The quantitative estimate of drug-likeness (QED) is 0.612. The molecule has 0 saturated carbocycles. The van der Waals surface area contributed by atoms with E-state index in [0.29, 0.717) is 28.1 Å². The number of ether oxygens (including phenoxy) is 1. The maximum absolute atomic E-state index is 12.3. The van der Waals surface area contributed by atoms with Crippen molar-refractivity contribution in [3.05, 3.63) is 51.8 Å². The minimum Gasteiger partial charge on any atom is -0.453 e. The topological polar surface area (TPSA) is 119 Å². The number of anilines is 1. The lowest BCUT2D eigenvalue weighted by molar-refractivity contribution is -0.153. The van der Waals surface area contributed by atoms with Crippen LogP contribution < -0.4 is 10.9 Å². The van der Waals surface area contributed by atoms with Crippen LogP contribution in [0, 0.1) is 13.8 Å². The number of esters is 1. The average Bonchev–Trinajstić information content (AvgIpc) is 2.92. The zero-order chi connectivity index (χ0) is 21.1. The van der Waals surface area contributed by atoms with Crippen LogP contribution in [0.2, 0.25) is 0 Å². The molecule has 152 valence electrons. The molecule has 0 fully saturated rings. The van der Waals surface area contributed by atoms with Gasteiger partial charge < -0.3 is 15.0 Å². The van der Waals surface area contributed by atoms with Gasteiger partial charge in [0.1, 0.15) is 5.82 Å². The second kappa shape index (κ2) is 8.26. The molecule has 0 unspecified atom stereocenters. The van der Waals surface area contributed by atoms with Crippen molar-refractivity contribution in [2.45, 2.75) is 39.7 Å². The van der Waals surface area contributed by atoms with E-state index in [1.54, 1.807) is 42.9 Å². The first-order valence-corrected chi connectivity index (χ1v) is 9.24. The van der Waals surface area contributed by atoms with Crippen LogP contribution in [0.25, 0.3) is 10.9 Å². The van der Waals surface area contributed by atoms with Gasteiger partial charge >= 0.3 is 5.97 Å². The first-order valence-electron chi connectivity index (χ1n) is 9.24.